The van der Waals surface area contributed by atoms with Gasteiger partial charge in [0, 0.05) is 23.9 Å². The van der Waals surface area contributed by atoms with Crippen LogP contribution in [0.2, 0.25) is 0 Å². The summed E-state index contributed by atoms with van der Waals surface area (Å²) < 4.78 is 81.5. The Bertz CT molecular complexity index is 1410. The van der Waals surface area contributed by atoms with Crippen molar-refractivity contribution in [3.8, 4) is 11.5 Å². The van der Waals surface area contributed by atoms with Gasteiger partial charge in [0.15, 0.2) is 0 Å². The van der Waals surface area contributed by atoms with Gasteiger partial charge in [0.05, 0.1) is 18.8 Å². The van der Waals surface area contributed by atoms with Crippen LogP contribution in [-0.2, 0) is 22.1 Å². The number of alkyl halides is 5. The van der Waals surface area contributed by atoms with Crippen LogP contribution in [0.15, 0.2) is 72.8 Å². The number of carbonyl (C=O) groups is 1. The van der Waals surface area contributed by atoms with Crippen LogP contribution in [0.1, 0.15) is 87.3 Å². The van der Waals surface area contributed by atoms with E-state index >= 15 is 0 Å². The lowest BCUT2D eigenvalue weighted by molar-refractivity contribution is -0.185. The SMILES string of the molecule is Nc1ccc(CCCCCCCCCCOC(=O)/C=C/c2ccc(OC(F)(F)c3ccc(OCCCCC(F)(F)F)cc3)cc2)c(N)c1. The number of nitrogens with two attached hydrogens (primary N) is 2. The predicted molar refractivity (Wildman–Crippen MR) is 179 cm³/mol. The van der Waals surface area contributed by atoms with Crippen LogP contribution in [0.3, 0.4) is 0 Å². The number of halogens is 5. The van der Waals surface area contributed by atoms with Gasteiger partial charge in [-0.1, -0.05) is 56.7 Å². The fraction of sp³-hybridized carbons (Fsp3) is 0.432. The maximum absolute atomic E-state index is 14.7. The lowest BCUT2D eigenvalue weighted by atomic mass is 10.0. The summed E-state index contributed by atoms with van der Waals surface area (Å²) in [6, 6.07) is 16.4. The first-order valence-corrected chi connectivity index (χ1v) is 16.4. The van der Waals surface area contributed by atoms with Crippen LogP contribution in [-0.4, -0.2) is 25.4 Å². The number of ether oxygens (including phenoxy) is 3. The topological polar surface area (TPSA) is 96.8 Å². The Morgan fingerprint density at radius 3 is 1.94 bits per heavy atom. The van der Waals surface area contributed by atoms with Crippen molar-refractivity contribution in [3.63, 3.8) is 0 Å². The number of unbranched alkanes of at least 4 members (excludes halogenated alkanes) is 8. The lowest BCUT2D eigenvalue weighted by Gasteiger charge is -2.18. The van der Waals surface area contributed by atoms with E-state index in [9.17, 15) is 26.7 Å². The number of carbonyl (C=O) groups excluding carboxylic acids is 1. The smallest absolute Gasteiger partial charge is 0.426 e. The molecule has 0 amide bonds. The third kappa shape index (κ3) is 15.1. The number of benzene rings is 3. The summed E-state index contributed by atoms with van der Waals surface area (Å²) in [5, 5.41) is 0. The molecular formula is C37H45F5N2O4. The van der Waals surface area contributed by atoms with Crippen LogP contribution >= 0.6 is 0 Å². The molecule has 0 aliphatic rings. The molecule has 0 unspecified atom stereocenters. The van der Waals surface area contributed by atoms with Gasteiger partial charge >= 0.3 is 18.3 Å². The van der Waals surface area contributed by atoms with Crippen molar-refractivity contribution in [1.29, 1.82) is 0 Å². The van der Waals surface area contributed by atoms with Crippen molar-refractivity contribution in [3.05, 3.63) is 89.5 Å². The molecule has 4 N–H and O–H groups in total. The van der Waals surface area contributed by atoms with E-state index in [2.05, 4.69) is 0 Å². The van der Waals surface area contributed by atoms with Gasteiger partial charge in [0.1, 0.15) is 11.5 Å². The van der Waals surface area contributed by atoms with Gasteiger partial charge in [-0.15, -0.1) is 0 Å². The fourth-order valence-corrected chi connectivity index (χ4v) is 4.92. The predicted octanol–water partition coefficient (Wildman–Crippen LogP) is 10.0. The second-order valence-corrected chi connectivity index (χ2v) is 11.7. The molecule has 0 spiro atoms. The van der Waals surface area contributed by atoms with Crippen molar-refractivity contribution in [2.75, 3.05) is 24.7 Å². The average molecular weight is 677 g/mol. The van der Waals surface area contributed by atoms with Gasteiger partial charge in [-0.25, -0.2) is 4.79 Å². The summed E-state index contributed by atoms with van der Waals surface area (Å²) in [6.45, 7) is 0.385. The minimum Gasteiger partial charge on any atom is -0.494 e. The molecule has 262 valence electrons. The van der Waals surface area contributed by atoms with Gasteiger partial charge < -0.3 is 25.7 Å². The van der Waals surface area contributed by atoms with E-state index < -0.39 is 30.2 Å². The number of esters is 1. The van der Waals surface area contributed by atoms with Crippen LogP contribution in [0.5, 0.6) is 11.5 Å². The summed E-state index contributed by atoms with van der Waals surface area (Å²) in [5.74, 6) is -0.280. The highest BCUT2D eigenvalue weighted by Crippen LogP contribution is 2.33. The number of rotatable bonds is 21. The molecule has 11 heteroatoms. The minimum absolute atomic E-state index is 0.0484. The normalized spacial score (nSPS) is 11.9. The maximum atomic E-state index is 14.7. The van der Waals surface area contributed by atoms with E-state index in [1.807, 2.05) is 12.1 Å². The first-order chi connectivity index (χ1) is 22.9. The largest absolute Gasteiger partial charge is 0.494 e. The molecule has 0 saturated carbocycles. The summed E-state index contributed by atoms with van der Waals surface area (Å²) in [5.41, 5.74) is 14.5. The van der Waals surface area contributed by atoms with E-state index in [0.29, 0.717) is 17.9 Å². The van der Waals surface area contributed by atoms with E-state index in [1.54, 1.807) is 6.07 Å². The highest BCUT2D eigenvalue weighted by molar-refractivity contribution is 5.87. The van der Waals surface area contributed by atoms with E-state index in [1.165, 1.54) is 61.4 Å². The summed E-state index contributed by atoms with van der Waals surface area (Å²) in [6.07, 6.45) is 3.78. The summed E-state index contributed by atoms with van der Waals surface area (Å²) >= 11 is 0. The Morgan fingerprint density at radius 2 is 1.29 bits per heavy atom. The molecule has 3 aromatic carbocycles. The number of nitrogen functional groups attached to an aromatic ring is 2. The van der Waals surface area contributed by atoms with Crippen molar-refractivity contribution in [2.45, 2.75) is 89.3 Å². The molecule has 0 fully saturated rings. The Morgan fingerprint density at radius 1 is 0.688 bits per heavy atom. The third-order valence-electron chi connectivity index (χ3n) is 7.61. The molecule has 0 aliphatic heterocycles. The zero-order chi connectivity index (χ0) is 34.8. The monoisotopic (exact) mass is 676 g/mol. The molecular weight excluding hydrogens is 631 g/mol. The molecule has 3 aromatic rings. The maximum Gasteiger partial charge on any atom is 0.426 e. The number of anilines is 2. The highest BCUT2D eigenvalue weighted by atomic mass is 19.4. The van der Waals surface area contributed by atoms with Crippen LogP contribution < -0.4 is 20.9 Å². The number of hydrogen-bond donors (Lipinski definition) is 2. The third-order valence-corrected chi connectivity index (χ3v) is 7.61. The molecule has 0 saturated heterocycles. The standard InChI is InChI=1S/C37H45F5N2O4/c38-36(39,40)24-8-10-25-46-32-21-16-30(17-22-32)37(41,42)48-33-19-12-28(13-20-33)14-23-35(45)47-26-9-6-4-2-1-3-5-7-11-29-15-18-31(43)27-34(29)44/h12-23,27H,1-11,24-26,43-44H2/b23-14+. The average Bonchev–Trinajstić information content (AvgIpc) is 3.03. The zero-order valence-electron chi connectivity index (χ0n) is 27.1. The first kappa shape index (κ1) is 38.2. The Hall–Kier alpha value is -4.28. The Balaban J connectivity index is 1.25. The summed E-state index contributed by atoms with van der Waals surface area (Å²) in [4.78, 5) is 12.1. The van der Waals surface area contributed by atoms with Crippen LogP contribution in [0, 0.1) is 0 Å². The van der Waals surface area contributed by atoms with E-state index in [4.69, 9.17) is 25.7 Å². The lowest BCUT2D eigenvalue weighted by Crippen LogP contribution is -2.21. The zero-order valence-corrected chi connectivity index (χ0v) is 27.1. The van der Waals surface area contributed by atoms with Gasteiger partial charge in [0.25, 0.3) is 0 Å². The first-order valence-electron chi connectivity index (χ1n) is 16.4. The van der Waals surface area contributed by atoms with Gasteiger partial charge in [-0.2, -0.15) is 22.0 Å². The van der Waals surface area contributed by atoms with Crippen LogP contribution in [0.25, 0.3) is 6.08 Å². The molecule has 0 radical (unpaired) electrons. The quantitative estimate of drug-likeness (QED) is 0.0383. The van der Waals surface area contributed by atoms with Crippen LogP contribution in [0.4, 0.5) is 33.3 Å². The van der Waals surface area contributed by atoms with Crippen molar-refractivity contribution in [2.24, 2.45) is 0 Å². The summed E-state index contributed by atoms with van der Waals surface area (Å²) in [7, 11) is 0. The second kappa shape index (κ2) is 19.5. The molecule has 0 aliphatic carbocycles. The van der Waals surface area contributed by atoms with E-state index in [0.717, 1.165) is 68.3 Å². The minimum atomic E-state index is -4.21. The van der Waals surface area contributed by atoms with Gasteiger partial charge in [-0.3, -0.25) is 0 Å². The number of aryl methyl sites for hydroxylation is 1. The van der Waals surface area contributed by atoms with Crippen molar-refractivity contribution in [1.82, 2.24) is 0 Å². The van der Waals surface area contributed by atoms with E-state index in [-0.39, 0.29) is 30.9 Å². The Labute approximate surface area is 279 Å². The van der Waals surface area contributed by atoms with Gasteiger partial charge in [0.2, 0.25) is 0 Å². The molecule has 0 aromatic heterocycles. The number of hydrogen-bond acceptors (Lipinski definition) is 6. The highest BCUT2D eigenvalue weighted by Gasteiger charge is 2.34. The molecule has 0 bridgehead atoms. The molecule has 0 heterocycles. The molecule has 3 rings (SSSR count). The molecule has 6 nitrogen and oxygen atoms in total. The van der Waals surface area contributed by atoms with Gasteiger partial charge in [-0.05, 0) is 97.8 Å². The molecule has 48 heavy (non-hydrogen) atoms. The fourth-order valence-electron chi connectivity index (χ4n) is 4.92. The second-order valence-electron chi connectivity index (χ2n) is 11.7. The Kier molecular flexibility index (Phi) is 15.5. The van der Waals surface area contributed by atoms with Crippen molar-refractivity contribution < 1.29 is 41.0 Å². The molecule has 0 atom stereocenters. The van der Waals surface area contributed by atoms with Crippen molar-refractivity contribution >= 4 is 23.4 Å².